The Kier molecular flexibility index (Phi) is 10.6. The van der Waals surface area contributed by atoms with Crippen molar-refractivity contribution in [3.8, 4) is 11.5 Å². The molecule has 0 bridgehead atoms. The zero-order chi connectivity index (χ0) is 21.6. The van der Waals surface area contributed by atoms with Gasteiger partial charge in [0.2, 0.25) is 5.91 Å². The number of phenolic OH excluding ortho intramolecular Hbond substituents is 1. The summed E-state index contributed by atoms with van der Waals surface area (Å²) in [4.78, 5) is 37.7. The fourth-order valence-corrected chi connectivity index (χ4v) is 3.00. The predicted molar refractivity (Wildman–Crippen MR) is 107 cm³/mol. The number of hydrogen-bond acceptors (Lipinski definition) is 7. The number of nitrogens with zero attached hydrogens (tertiary/aromatic N) is 1. The van der Waals surface area contributed by atoms with Gasteiger partial charge in [-0.15, -0.1) is 13.1 Å². The molecule has 0 aliphatic heterocycles. The van der Waals surface area contributed by atoms with E-state index in [1.165, 1.54) is 18.1 Å². The molecule has 0 saturated carbocycles. The summed E-state index contributed by atoms with van der Waals surface area (Å²) in [6.45, 7) is 10.1. The van der Waals surface area contributed by atoms with Crippen LogP contribution in [0.5, 0.6) is 11.5 Å². The number of ether oxygens (including phenoxy) is 2. The van der Waals surface area contributed by atoms with E-state index in [-0.39, 0.29) is 86.5 Å². The number of carbonyl (C=O) groups is 2. The molecule has 1 amide bonds. The zero-order valence-corrected chi connectivity index (χ0v) is 21.3. The molecular formula is C21H25NO7U. The largest absolute Gasteiger partial charge is 2.00 e. The second-order valence-electron chi connectivity index (χ2n) is 6.35. The van der Waals surface area contributed by atoms with Crippen LogP contribution in [0.1, 0.15) is 27.9 Å². The molecule has 0 aliphatic rings. The first-order chi connectivity index (χ1) is 13.9. The van der Waals surface area contributed by atoms with Crippen molar-refractivity contribution in [3.05, 3.63) is 47.0 Å². The van der Waals surface area contributed by atoms with E-state index in [0.29, 0.717) is 29.4 Å². The summed E-state index contributed by atoms with van der Waals surface area (Å²) in [6, 6.07) is 1.51. The molecule has 0 unspecified atom stereocenters. The summed E-state index contributed by atoms with van der Waals surface area (Å²) in [7, 11) is 1.51. The Morgan fingerprint density at radius 3 is 2.53 bits per heavy atom. The van der Waals surface area contributed by atoms with Crippen LogP contribution in [0.4, 0.5) is 0 Å². The van der Waals surface area contributed by atoms with Crippen molar-refractivity contribution in [2.24, 2.45) is 0 Å². The topological polar surface area (TPSA) is 106 Å². The monoisotopic (exact) mass is 641 g/mol. The Bertz CT molecular complexity index is 951. The number of rotatable bonds is 10. The van der Waals surface area contributed by atoms with E-state index >= 15 is 0 Å². The second-order valence-corrected chi connectivity index (χ2v) is 6.35. The molecule has 30 heavy (non-hydrogen) atoms. The number of hydrogen-bond donors (Lipinski definition) is 1. The molecule has 2 aromatic rings. The van der Waals surface area contributed by atoms with Gasteiger partial charge in [-0.3, -0.25) is 9.59 Å². The van der Waals surface area contributed by atoms with Crippen LogP contribution in [0.3, 0.4) is 0 Å². The van der Waals surface area contributed by atoms with Crippen LogP contribution in [-0.4, -0.2) is 55.6 Å². The van der Waals surface area contributed by atoms with Crippen molar-refractivity contribution < 1.29 is 59.7 Å². The van der Waals surface area contributed by atoms with Gasteiger partial charge in [0, 0.05) is 24.5 Å². The van der Waals surface area contributed by atoms with Gasteiger partial charge in [0.05, 0.1) is 6.61 Å². The minimum absolute atomic E-state index is 0. The minimum Gasteiger partial charge on any atom is -0.504 e. The molecule has 8 nitrogen and oxygen atoms in total. The van der Waals surface area contributed by atoms with Crippen LogP contribution in [0.25, 0.3) is 11.0 Å². The Labute approximate surface area is 198 Å². The SMILES string of the molecule is [CH2-]CN(C[CH2-])C(=O)CCc1c(C)c2cc(OCCOC)c(O)c(C=O)c2oc1=O.[U+2]. The standard InChI is InChI=1S/C21H25NO7.U/c1-5-22(6-2)18(24)8-7-14-13(3)15-11-17(28-10-9-27-4)19(25)16(12-23)20(15)29-21(14)26;/h11-12,25H,1-2,5-10H2,3-4H3;/q-2;+2. The van der Waals surface area contributed by atoms with E-state index in [1.54, 1.807) is 6.92 Å². The molecule has 9 heteroatoms. The third kappa shape index (κ3) is 5.66. The van der Waals surface area contributed by atoms with Crippen LogP contribution in [0.15, 0.2) is 15.3 Å². The van der Waals surface area contributed by atoms with Crippen LogP contribution in [-0.2, 0) is 16.0 Å². The minimum atomic E-state index is -0.658. The van der Waals surface area contributed by atoms with E-state index < -0.39 is 11.4 Å². The predicted octanol–water partition coefficient (Wildman–Crippen LogP) is 2.07. The van der Waals surface area contributed by atoms with Gasteiger partial charge in [-0.2, -0.15) is 0 Å². The molecule has 1 heterocycles. The van der Waals surface area contributed by atoms with Crippen molar-refractivity contribution in [2.45, 2.75) is 19.8 Å². The van der Waals surface area contributed by atoms with Gasteiger partial charge < -0.3 is 37.7 Å². The second kappa shape index (κ2) is 12.1. The molecule has 160 valence electrons. The van der Waals surface area contributed by atoms with Crippen molar-refractivity contribution in [3.63, 3.8) is 0 Å². The molecule has 0 atom stereocenters. The Morgan fingerprint density at radius 1 is 1.30 bits per heavy atom. The molecule has 2 rings (SSSR count). The summed E-state index contributed by atoms with van der Waals surface area (Å²) in [5.74, 6) is -0.497. The molecule has 0 saturated heterocycles. The van der Waals surface area contributed by atoms with E-state index in [9.17, 15) is 19.5 Å². The summed E-state index contributed by atoms with van der Waals surface area (Å²) in [6.07, 6.45) is 0.668. The smallest absolute Gasteiger partial charge is 0.504 e. The number of aldehydes is 1. The first kappa shape index (κ1) is 26.2. The van der Waals surface area contributed by atoms with E-state index in [4.69, 9.17) is 13.9 Å². The average Bonchev–Trinajstić information content (AvgIpc) is 2.70. The number of aryl methyl sites for hydroxylation is 1. The third-order valence-electron chi connectivity index (χ3n) is 4.70. The van der Waals surface area contributed by atoms with Gasteiger partial charge >= 0.3 is 36.7 Å². The van der Waals surface area contributed by atoms with E-state index in [0.717, 1.165) is 0 Å². The zero-order valence-electron chi connectivity index (χ0n) is 17.2. The molecular weight excluding hydrogens is 616 g/mol. The number of aromatic hydroxyl groups is 1. The van der Waals surface area contributed by atoms with Crippen molar-refractivity contribution >= 4 is 23.2 Å². The maximum absolute atomic E-state index is 12.5. The van der Waals surface area contributed by atoms with Gasteiger partial charge in [-0.05, 0) is 25.0 Å². The van der Waals surface area contributed by atoms with Gasteiger partial charge in [0.15, 0.2) is 23.4 Å². The number of benzene rings is 1. The van der Waals surface area contributed by atoms with Crippen molar-refractivity contribution in [1.82, 2.24) is 4.90 Å². The van der Waals surface area contributed by atoms with Crippen LogP contribution in [0, 0.1) is 51.9 Å². The maximum atomic E-state index is 12.5. The fraction of sp³-hybridized carbons (Fsp3) is 0.381. The van der Waals surface area contributed by atoms with Gasteiger partial charge in [-0.1, -0.05) is 0 Å². The maximum Gasteiger partial charge on any atom is 2.00 e. The summed E-state index contributed by atoms with van der Waals surface area (Å²) >= 11 is 0. The first-order valence-corrected chi connectivity index (χ1v) is 9.14. The Morgan fingerprint density at radius 2 is 1.97 bits per heavy atom. The number of amides is 1. The summed E-state index contributed by atoms with van der Waals surface area (Å²) < 4.78 is 15.7. The number of phenols is 1. The number of methoxy groups -OCH3 is 1. The van der Waals surface area contributed by atoms with E-state index in [1.807, 2.05) is 0 Å². The van der Waals surface area contributed by atoms with Crippen molar-refractivity contribution in [1.29, 1.82) is 0 Å². The van der Waals surface area contributed by atoms with Crippen LogP contribution >= 0.6 is 0 Å². The normalized spacial score (nSPS) is 10.5. The molecule has 1 aromatic carbocycles. The number of carbonyl (C=O) groups excluding carboxylic acids is 2. The third-order valence-corrected chi connectivity index (χ3v) is 4.70. The molecule has 1 aromatic heterocycles. The van der Waals surface area contributed by atoms with Crippen LogP contribution < -0.4 is 10.4 Å². The van der Waals surface area contributed by atoms with Gasteiger partial charge in [0.25, 0.3) is 0 Å². The number of fused-ring (bicyclic) bond motifs is 1. The average molecular weight is 641 g/mol. The van der Waals surface area contributed by atoms with Crippen molar-refractivity contribution in [2.75, 3.05) is 33.4 Å². The first-order valence-electron chi connectivity index (χ1n) is 9.14. The molecule has 0 aliphatic carbocycles. The molecule has 1 N–H and O–H groups in total. The summed E-state index contributed by atoms with van der Waals surface area (Å²) in [5, 5.41) is 10.8. The molecule has 0 fully saturated rings. The van der Waals surface area contributed by atoms with Crippen LogP contribution in [0.2, 0.25) is 0 Å². The fourth-order valence-electron chi connectivity index (χ4n) is 3.00. The molecule has 0 spiro atoms. The quantitative estimate of drug-likeness (QED) is 0.183. The van der Waals surface area contributed by atoms with Gasteiger partial charge in [-0.25, -0.2) is 4.79 Å². The van der Waals surface area contributed by atoms with Gasteiger partial charge in [0.1, 0.15) is 12.2 Å². The molecule has 0 radical (unpaired) electrons. The Hall–Kier alpha value is -1.82. The van der Waals surface area contributed by atoms with E-state index in [2.05, 4.69) is 13.8 Å². The Balaban J connectivity index is 0.00000450. The summed E-state index contributed by atoms with van der Waals surface area (Å²) in [5.41, 5.74) is 0.0299.